The van der Waals surface area contributed by atoms with Gasteiger partial charge in [-0.25, -0.2) is 0 Å². The van der Waals surface area contributed by atoms with Crippen LogP contribution < -0.4 is 10.9 Å². The molecule has 2 aromatic carbocycles. The Morgan fingerprint density at radius 2 is 1.77 bits per heavy atom. The maximum atomic E-state index is 13.0. The molecule has 1 aliphatic rings. The van der Waals surface area contributed by atoms with Gasteiger partial charge in [-0.2, -0.15) is 0 Å². The van der Waals surface area contributed by atoms with Crippen LogP contribution in [0.15, 0.2) is 47.3 Å². The van der Waals surface area contributed by atoms with Gasteiger partial charge in [-0.3, -0.25) is 4.79 Å². The molecule has 1 aromatic heterocycles. The van der Waals surface area contributed by atoms with Crippen molar-refractivity contribution in [3.63, 3.8) is 0 Å². The summed E-state index contributed by atoms with van der Waals surface area (Å²) < 4.78 is 0. The van der Waals surface area contributed by atoms with Gasteiger partial charge in [-0.05, 0) is 80.5 Å². The maximum Gasteiger partial charge on any atom is 0.253 e. The summed E-state index contributed by atoms with van der Waals surface area (Å²) in [6, 6.07) is 14.8. The molecule has 2 N–H and O–H groups in total. The average Bonchev–Trinajstić information content (AvgIpc) is 2.77. The van der Waals surface area contributed by atoms with Crippen molar-refractivity contribution in [2.24, 2.45) is 0 Å². The molecule has 0 radical (unpaired) electrons. The normalized spacial score (nSPS) is 14.5. The minimum atomic E-state index is -0.0276. The summed E-state index contributed by atoms with van der Waals surface area (Å²) in [5, 5.41) is 5.16. The molecule has 0 saturated heterocycles. The molecule has 31 heavy (non-hydrogen) atoms. The Labute approximate surface area is 189 Å². The average molecular weight is 434 g/mol. The Morgan fingerprint density at radius 3 is 2.48 bits per heavy atom. The van der Waals surface area contributed by atoms with E-state index in [2.05, 4.69) is 72.4 Å². The first-order valence-corrected chi connectivity index (χ1v) is 11.6. The number of hydrogen-bond donors (Lipinski definition) is 2. The first-order valence-electron chi connectivity index (χ1n) is 11.2. The lowest BCUT2D eigenvalue weighted by atomic mass is 9.94. The standard InChI is InChI=1S/C26H31N3OS/c1-17-9-13-22(14-10-17)27-26(31)29(23-7-5-4-6-8-23)16-21-15-20-12-11-18(2)19(3)24(20)28-25(21)30/h9-15,23H,4-8,16H2,1-3H3,(H,27,31)(H,28,30). The number of thiocarbonyl (C=S) groups is 1. The largest absolute Gasteiger partial charge is 0.342 e. The van der Waals surface area contributed by atoms with Gasteiger partial charge in [0.1, 0.15) is 0 Å². The predicted molar refractivity (Wildman–Crippen MR) is 134 cm³/mol. The van der Waals surface area contributed by atoms with Crippen LogP contribution in [0, 0.1) is 20.8 Å². The molecular formula is C26H31N3OS. The highest BCUT2D eigenvalue weighted by Crippen LogP contribution is 2.26. The summed E-state index contributed by atoms with van der Waals surface area (Å²) in [6.45, 7) is 6.72. The van der Waals surface area contributed by atoms with Crippen molar-refractivity contribution in [3.05, 3.63) is 75.1 Å². The van der Waals surface area contributed by atoms with E-state index in [0.29, 0.717) is 17.7 Å². The number of aryl methyl sites for hydroxylation is 3. The second kappa shape index (κ2) is 9.23. The third kappa shape index (κ3) is 4.82. The van der Waals surface area contributed by atoms with Crippen molar-refractivity contribution in [1.82, 2.24) is 9.88 Å². The fourth-order valence-corrected chi connectivity index (χ4v) is 4.79. The van der Waals surface area contributed by atoms with E-state index in [0.717, 1.165) is 40.6 Å². The van der Waals surface area contributed by atoms with Gasteiger partial charge in [0.25, 0.3) is 5.56 Å². The maximum absolute atomic E-state index is 13.0. The summed E-state index contributed by atoms with van der Waals surface area (Å²) in [6.07, 6.45) is 5.92. The monoisotopic (exact) mass is 433 g/mol. The second-order valence-corrected chi connectivity index (χ2v) is 9.20. The number of nitrogens with one attached hydrogen (secondary N) is 2. The van der Waals surface area contributed by atoms with Crippen LogP contribution in [-0.2, 0) is 6.54 Å². The van der Waals surface area contributed by atoms with E-state index in [1.54, 1.807) is 0 Å². The SMILES string of the molecule is Cc1ccc(NC(=S)N(Cc2cc3ccc(C)c(C)c3[nH]c2=O)C2CCCCC2)cc1. The Kier molecular flexibility index (Phi) is 6.42. The molecule has 0 spiro atoms. The van der Waals surface area contributed by atoms with E-state index in [1.807, 2.05) is 6.07 Å². The zero-order valence-electron chi connectivity index (χ0n) is 18.6. The molecule has 0 atom stereocenters. The number of pyridine rings is 1. The van der Waals surface area contributed by atoms with Gasteiger partial charge >= 0.3 is 0 Å². The zero-order chi connectivity index (χ0) is 22.0. The van der Waals surface area contributed by atoms with E-state index in [9.17, 15) is 4.79 Å². The summed E-state index contributed by atoms with van der Waals surface area (Å²) in [4.78, 5) is 18.3. The van der Waals surface area contributed by atoms with Crippen LogP contribution >= 0.6 is 12.2 Å². The number of anilines is 1. The van der Waals surface area contributed by atoms with Gasteiger partial charge in [0, 0.05) is 17.3 Å². The Morgan fingerprint density at radius 1 is 1.06 bits per heavy atom. The number of nitrogens with zero attached hydrogens (tertiary/aromatic N) is 1. The van der Waals surface area contributed by atoms with Crippen molar-refractivity contribution in [3.8, 4) is 0 Å². The van der Waals surface area contributed by atoms with Crippen LogP contribution in [0.4, 0.5) is 5.69 Å². The third-order valence-electron chi connectivity index (χ3n) is 6.55. The molecular weight excluding hydrogens is 402 g/mol. The van der Waals surface area contributed by atoms with Gasteiger partial charge < -0.3 is 15.2 Å². The molecule has 0 aliphatic heterocycles. The van der Waals surface area contributed by atoms with Crippen molar-refractivity contribution < 1.29 is 0 Å². The first-order chi connectivity index (χ1) is 14.9. The van der Waals surface area contributed by atoms with Crippen LogP contribution in [0.25, 0.3) is 10.9 Å². The molecule has 4 nitrogen and oxygen atoms in total. The molecule has 1 fully saturated rings. The van der Waals surface area contributed by atoms with Crippen LogP contribution in [0.5, 0.6) is 0 Å². The molecule has 1 aliphatic carbocycles. The number of aromatic amines is 1. The molecule has 4 rings (SSSR count). The molecule has 162 valence electrons. The second-order valence-electron chi connectivity index (χ2n) is 8.81. The number of hydrogen-bond acceptors (Lipinski definition) is 2. The fraction of sp³-hybridized carbons (Fsp3) is 0.385. The molecule has 0 amide bonds. The summed E-state index contributed by atoms with van der Waals surface area (Å²) in [5.41, 5.74) is 6.17. The Bertz CT molecular complexity index is 1140. The fourth-order valence-electron chi connectivity index (χ4n) is 4.46. The number of fused-ring (bicyclic) bond motifs is 1. The summed E-state index contributed by atoms with van der Waals surface area (Å²) in [7, 11) is 0. The van der Waals surface area contributed by atoms with Gasteiger partial charge in [-0.1, -0.05) is 49.1 Å². The molecule has 1 heterocycles. The predicted octanol–water partition coefficient (Wildman–Crippen LogP) is 5.99. The quantitative estimate of drug-likeness (QED) is 0.497. The smallest absolute Gasteiger partial charge is 0.253 e. The number of rotatable bonds is 4. The number of H-pyrrole nitrogens is 1. The lowest BCUT2D eigenvalue weighted by molar-refractivity contribution is 0.240. The van der Waals surface area contributed by atoms with Crippen LogP contribution in [-0.4, -0.2) is 21.0 Å². The number of benzene rings is 2. The van der Waals surface area contributed by atoms with E-state index >= 15 is 0 Å². The van der Waals surface area contributed by atoms with E-state index in [4.69, 9.17) is 12.2 Å². The van der Waals surface area contributed by atoms with Crippen LogP contribution in [0.2, 0.25) is 0 Å². The third-order valence-corrected chi connectivity index (χ3v) is 6.88. The molecule has 5 heteroatoms. The zero-order valence-corrected chi connectivity index (χ0v) is 19.4. The van der Waals surface area contributed by atoms with E-state index in [-0.39, 0.29) is 5.56 Å². The topological polar surface area (TPSA) is 48.1 Å². The summed E-state index contributed by atoms with van der Waals surface area (Å²) in [5.74, 6) is 0. The van der Waals surface area contributed by atoms with Gasteiger partial charge in [0.05, 0.1) is 12.1 Å². The van der Waals surface area contributed by atoms with Gasteiger partial charge in [0.2, 0.25) is 0 Å². The highest BCUT2D eigenvalue weighted by molar-refractivity contribution is 7.80. The van der Waals surface area contributed by atoms with Crippen molar-refractivity contribution >= 4 is 33.9 Å². The Balaban J connectivity index is 1.64. The first kappa shape index (κ1) is 21.6. The minimum absolute atomic E-state index is 0.0276. The Hall–Kier alpha value is -2.66. The van der Waals surface area contributed by atoms with E-state index in [1.165, 1.54) is 30.4 Å². The minimum Gasteiger partial charge on any atom is -0.342 e. The highest BCUT2D eigenvalue weighted by Gasteiger charge is 2.24. The molecule has 0 unspecified atom stereocenters. The van der Waals surface area contributed by atoms with Gasteiger partial charge in [0.15, 0.2) is 5.11 Å². The van der Waals surface area contributed by atoms with Crippen molar-refractivity contribution in [1.29, 1.82) is 0 Å². The van der Waals surface area contributed by atoms with Gasteiger partial charge in [-0.15, -0.1) is 0 Å². The summed E-state index contributed by atoms with van der Waals surface area (Å²) >= 11 is 5.85. The van der Waals surface area contributed by atoms with Crippen LogP contribution in [0.3, 0.4) is 0 Å². The highest BCUT2D eigenvalue weighted by atomic mass is 32.1. The lowest BCUT2D eigenvalue weighted by Crippen LogP contribution is -2.44. The van der Waals surface area contributed by atoms with Crippen molar-refractivity contribution in [2.75, 3.05) is 5.32 Å². The molecule has 1 saturated carbocycles. The lowest BCUT2D eigenvalue weighted by Gasteiger charge is -2.36. The molecule has 0 bridgehead atoms. The van der Waals surface area contributed by atoms with Crippen molar-refractivity contribution in [2.45, 2.75) is 65.5 Å². The van der Waals surface area contributed by atoms with Crippen LogP contribution in [0.1, 0.15) is 54.4 Å². The number of aromatic nitrogens is 1. The van der Waals surface area contributed by atoms with E-state index < -0.39 is 0 Å². The molecule has 3 aromatic rings.